The van der Waals surface area contributed by atoms with E-state index in [-0.39, 0.29) is 55.5 Å². The summed E-state index contributed by atoms with van der Waals surface area (Å²) >= 11 is 0. The Morgan fingerprint density at radius 1 is 1.00 bits per heavy atom. The number of anilines is 4. The molecule has 2 aliphatic heterocycles. The molecule has 0 saturated carbocycles. The number of hydrogen-bond donors (Lipinski definition) is 5. The van der Waals surface area contributed by atoms with Crippen LogP contribution in [0.4, 0.5) is 27.8 Å². The van der Waals surface area contributed by atoms with Crippen molar-refractivity contribution in [2.75, 3.05) is 21.7 Å². The van der Waals surface area contributed by atoms with Gasteiger partial charge in [-0.15, -0.1) is 5.10 Å². The molecular formula is C38H37N13O6. The molecule has 6 aromatic rings. The zero-order valence-corrected chi connectivity index (χ0v) is 31.1. The number of imide groups is 1. The summed E-state index contributed by atoms with van der Waals surface area (Å²) in [6.07, 6.45) is 5.28. The van der Waals surface area contributed by atoms with E-state index < -0.39 is 23.9 Å². The van der Waals surface area contributed by atoms with Crippen molar-refractivity contribution in [1.82, 2.24) is 44.9 Å². The number of aromatic nitrogens is 7. The number of nitrogens with zero attached hydrogens (tertiary/aromatic N) is 8. The van der Waals surface area contributed by atoms with Crippen molar-refractivity contribution in [3.8, 4) is 11.1 Å². The van der Waals surface area contributed by atoms with E-state index in [4.69, 9.17) is 10.3 Å². The number of nitrogens with two attached hydrogens (primary N) is 1. The molecule has 0 spiro atoms. The lowest BCUT2D eigenvalue weighted by molar-refractivity contribution is -0.137. The second-order valence-corrected chi connectivity index (χ2v) is 14.8. The van der Waals surface area contributed by atoms with Crippen LogP contribution in [0.2, 0.25) is 0 Å². The van der Waals surface area contributed by atoms with Gasteiger partial charge in [-0.05, 0) is 36.2 Å². The normalized spacial score (nSPS) is 15.5. The number of hydrogen-bond acceptors (Lipinski definition) is 12. The van der Waals surface area contributed by atoms with E-state index in [1.54, 1.807) is 42.6 Å². The summed E-state index contributed by atoms with van der Waals surface area (Å²) in [6, 6.07) is 12.6. The first-order chi connectivity index (χ1) is 27.3. The van der Waals surface area contributed by atoms with Crippen LogP contribution in [-0.4, -0.2) is 75.3 Å². The molecule has 6 heterocycles. The van der Waals surface area contributed by atoms with Gasteiger partial charge in [0.1, 0.15) is 41.8 Å². The molecule has 0 bridgehead atoms. The van der Waals surface area contributed by atoms with Crippen molar-refractivity contribution < 1.29 is 28.5 Å². The zero-order valence-electron chi connectivity index (χ0n) is 31.1. The first-order valence-electron chi connectivity index (χ1n) is 18.0. The Hall–Kier alpha value is -7.44. The van der Waals surface area contributed by atoms with E-state index in [9.17, 15) is 24.0 Å². The molecule has 1 fully saturated rings. The van der Waals surface area contributed by atoms with Crippen molar-refractivity contribution in [2.45, 2.75) is 64.7 Å². The van der Waals surface area contributed by atoms with E-state index in [1.165, 1.54) is 15.9 Å². The van der Waals surface area contributed by atoms with Gasteiger partial charge in [0.2, 0.25) is 17.7 Å². The average molecular weight is 772 g/mol. The first kappa shape index (κ1) is 36.5. The van der Waals surface area contributed by atoms with Gasteiger partial charge in [0, 0.05) is 58.7 Å². The molecule has 8 rings (SSSR count). The van der Waals surface area contributed by atoms with E-state index in [0.717, 1.165) is 11.1 Å². The fourth-order valence-corrected chi connectivity index (χ4v) is 6.89. The zero-order chi connectivity index (χ0) is 40.0. The lowest BCUT2D eigenvalue weighted by Gasteiger charge is -2.29. The standard InChI is InChI=1S/C38H37N13O6/c1-38(2,3)28-13-29(47-57-28)44-37(56)42-21-9-7-20(8-10-21)24-16-49(34-32(24)33(39)40-19-41-34)14-22-15-50(48-46-22)18-31(53)43-26-6-4-5-23-25(26)17-51(36(23)55)27-11-12-30(52)45-35(27)54/h4-10,13,15-16,19,27H,11-12,14,17-18H2,1-3H3,(H,43,53)(H2,39,40,41)(H,45,52,54)(H2,42,44,47,56). The number of piperidine rings is 1. The third-order valence-electron chi connectivity index (χ3n) is 9.71. The summed E-state index contributed by atoms with van der Waals surface area (Å²) in [5.41, 5.74) is 10.7. The fraction of sp³-hybridized carbons (Fsp3) is 0.263. The molecular weight excluding hydrogens is 735 g/mol. The highest BCUT2D eigenvalue weighted by Crippen LogP contribution is 2.35. The van der Waals surface area contributed by atoms with E-state index in [0.29, 0.717) is 50.8 Å². The SMILES string of the molecule is CC(C)(C)c1cc(NC(=O)Nc2ccc(-c3cn(Cc4cn(CC(=O)Nc5cccc6c5CN(C5CCC(=O)NC5=O)C6=O)nn4)c4ncnc(N)c34)cc2)no1. The Labute approximate surface area is 324 Å². The highest BCUT2D eigenvalue weighted by atomic mass is 16.5. The molecule has 6 amide bonds. The van der Waals surface area contributed by atoms with Gasteiger partial charge >= 0.3 is 6.03 Å². The number of urea groups is 1. The number of nitrogens with one attached hydrogen (secondary N) is 4. The predicted molar refractivity (Wildman–Crippen MR) is 205 cm³/mol. The number of rotatable bonds is 9. The summed E-state index contributed by atoms with van der Waals surface area (Å²) in [7, 11) is 0. The summed E-state index contributed by atoms with van der Waals surface area (Å²) in [6.45, 7) is 6.15. The second kappa shape index (κ2) is 14.3. The van der Waals surface area contributed by atoms with Crippen molar-refractivity contribution in [3.05, 3.63) is 89.8 Å². The van der Waals surface area contributed by atoms with Crippen LogP contribution >= 0.6 is 0 Å². The van der Waals surface area contributed by atoms with Crippen LogP contribution in [0.25, 0.3) is 22.2 Å². The van der Waals surface area contributed by atoms with Gasteiger partial charge in [-0.2, -0.15) is 0 Å². The molecule has 19 nitrogen and oxygen atoms in total. The van der Waals surface area contributed by atoms with Crippen LogP contribution in [0.15, 0.2) is 71.8 Å². The van der Waals surface area contributed by atoms with E-state index in [1.807, 2.05) is 43.7 Å². The summed E-state index contributed by atoms with van der Waals surface area (Å²) in [5.74, 6) is -0.378. The van der Waals surface area contributed by atoms with Crippen molar-refractivity contribution >= 4 is 63.7 Å². The maximum Gasteiger partial charge on any atom is 0.324 e. The second-order valence-electron chi connectivity index (χ2n) is 14.8. The van der Waals surface area contributed by atoms with Gasteiger partial charge in [-0.25, -0.2) is 19.4 Å². The number of fused-ring (bicyclic) bond motifs is 2. The lowest BCUT2D eigenvalue weighted by Crippen LogP contribution is -2.52. The Bertz CT molecular complexity index is 2580. The van der Waals surface area contributed by atoms with Gasteiger partial charge < -0.3 is 30.4 Å². The van der Waals surface area contributed by atoms with Crippen molar-refractivity contribution in [3.63, 3.8) is 0 Å². The number of amides is 6. The summed E-state index contributed by atoms with van der Waals surface area (Å²) in [5, 5.41) is 23.6. The molecule has 2 aliphatic rings. The van der Waals surface area contributed by atoms with Gasteiger partial charge in [-0.1, -0.05) is 49.3 Å². The van der Waals surface area contributed by atoms with Crippen molar-refractivity contribution in [2.24, 2.45) is 0 Å². The Morgan fingerprint density at radius 3 is 2.56 bits per heavy atom. The third kappa shape index (κ3) is 7.36. The minimum absolute atomic E-state index is 0.118. The number of carbonyl (C=O) groups excluding carboxylic acids is 5. The Balaban J connectivity index is 0.927. The number of nitrogen functional groups attached to an aromatic ring is 1. The molecule has 290 valence electrons. The molecule has 57 heavy (non-hydrogen) atoms. The molecule has 1 unspecified atom stereocenters. The van der Waals surface area contributed by atoms with Crippen LogP contribution in [0.3, 0.4) is 0 Å². The monoisotopic (exact) mass is 771 g/mol. The maximum atomic E-state index is 13.2. The van der Waals surface area contributed by atoms with Crippen LogP contribution in [0.5, 0.6) is 0 Å². The van der Waals surface area contributed by atoms with Gasteiger partial charge in [0.15, 0.2) is 5.82 Å². The Morgan fingerprint density at radius 2 is 1.81 bits per heavy atom. The van der Waals surface area contributed by atoms with Gasteiger partial charge in [0.25, 0.3) is 5.91 Å². The first-order valence-corrected chi connectivity index (χ1v) is 18.0. The molecule has 6 N–H and O–H groups in total. The predicted octanol–water partition coefficient (Wildman–Crippen LogP) is 3.65. The largest absolute Gasteiger partial charge is 0.383 e. The lowest BCUT2D eigenvalue weighted by atomic mass is 9.93. The van der Waals surface area contributed by atoms with Crippen molar-refractivity contribution in [1.29, 1.82) is 0 Å². The minimum Gasteiger partial charge on any atom is -0.383 e. The summed E-state index contributed by atoms with van der Waals surface area (Å²) in [4.78, 5) is 73.3. The fourth-order valence-electron chi connectivity index (χ4n) is 6.89. The van der Waals surface area contributed by atoms with Crippen LogP contribution in [0, 0.1) is 0 Å². The molecule has 0 aliphatic carbocycles. The molecule has 0 radical (unpaired) electrons. The molecule has 2 aromatic carbocycles. The summed E-state index contributed by atoms with van der Waals surface area (Å²) < 4.78 is 8.60. The highest BCUT2D eigenvalue weighted by molar-refractivity contribution is 6.07. The highest BCUT2D eigenvalue weighted by Gasteiger charge is 2.40. The van der Waals surface area contributed by atoms with Gasteiger partial charge in [-0.3, -0.25) is 29.8 Å². The molecule has 1 saturated heterocycles. The maximum absolute atomic E-state index is 13.2. The van der Waals surface area contributed by atoms with Crippen LogP contribution in [-0.2, 0) is 39.4 Å². The van der Waals surface area contributed by atoms with E-state index in [2.05, 4.69) is 46.7 Å². The quantitative estimate of drug-likeness (QED) is 0.132. The molecule has 4 aromatic heterocycles. The number of benzene rings is 2. The molecule has 1 atom stereocenters. The average Bonchev–Trinajstić information content (AvgIpc) is 3.96. The smallest absolute Gasteiger partial charge is 0.324 e. The van der Waals surface area contributed by atoms with E-state index >= 15 is 0 Å². The topological polar surface area (TPSA) is 250 Å². The van der Waals surface area contributed by atoms with Crippen LogP contribution < -0.4 is 27.0 Å². The van der Waals surface area contributed by atoms with Gasteiger partial charge in [0.05, 0.1) is 18.1 Å². The Kier molecular flexibility index (Phi) is 9.18. The third-order valence-corrected chi connectivity index (χ3v) is 9.71. The van der Waals surface area contributed by atoms with Crippen LogP contribution in [0.1, 0.15) is 61.0 Å². The minimum atomic E-state index is -0.770. The molecule has 19 heteroatoms. The number of carbonyl (C=O) groups is 5.